The van der Waals surface area contributed by atoms with Gasteiger partial charge in [-0.2, -0.15) is 0 Å². The number of Topliss-reactive ketones (excluding diaryl/α,β-unsaturated/α-hetero) is 1. The van der Waals surface area contributed by atoms with Crippen molar-refractivity contribution in [2.24, 2.45) is 0 Å². The normalized spacial score (nSPS) is 15.2. The largest absolute Gasteiger partial charge is 0.501 e. The van der Waals surface area contributed by atoms with Crippen LogP contribution in [0.3, 0.4) is 0 Å². The Labute approximate surface area is 101 Å². The van der Waals surface area contributed by atoms with Crippen LogP contribution >= 0.6 is 15.9 Å². The molecule has 0 radical (unpaired) electrons. The van der Waals surface area contributed by atoms with Crippen molar-refractivity contribution in [1.82, 2.24) is 0 Å². The smallest absolute Gasteiger partial charge is 0.196 e. The second-order valence-corrected chi connectivity index (χ2v) is 4.40. The van der Waals surface area contributed by atoms with Gasteiger partial charge in [0.1, 0.15) is 5.82 Å². The minimum atomic E-state index is -0.508. The minimum Gasteiger partial charge on any atom is -0.501 e. The second-order valence-electron chi connectivity index (χ2n) is 3.54. The number of benzene rings is 1. The number of hydrogen-bond acceptors (Lipinski definition) is 2. The van der Waals surface area contributed by atoms with E-state index in [1.807, 2.05) is 0 Å². The molecule has 0 spiro atoms. The van der Waals surface area contributed by atoms with Crippen molar-refractivity contribution in [2.75, 3.05) is 6.61 Å². The monoisotopic (exact) mass is 284 g/mol. The van der Waals surface area contributed by atoms with E-state index in [0.717, 1.165) is 6.42 Å². The molecule has 1 aliphatic rings. The van der Waals surface area contributed by atoms with Crippen LogP contribution < -0.4 is 0 Å². The van der Waals surface area contributed by atoms with Gasteiger partial charge in [0, 0.05) is 10.0 Å². The van der Waals surface area contributed by atoms with Gasteiger partial charge in [-0.1, -0.05) is 6.07 Å². The molecule has 0 N–H and O–H groups in total. The summed E-state index contributed by atoms with van der Waals surface area (Å²) in [4.78, 5) is 12.0. The molecule has 0 amide bonds. The quantitative estimate of drug-likeness (QED) is 0.778. The van der Waals surface area contributed by atoms with Gasteiger partial charge in [0.05, 0.1) is 18.4 Å². The van der Waals surface area contributed by atoms with Crippen molar-refractivity contribution in [2.45, 2.75) is 12.8 Å². The maximum Gasteiger partial charge on any atom is 0.196 e. The van der Waals surface area contributed by atoms with Crippen molar-refractivity contribution in [1.29, 1.82) is 0 Å². The van der Waals surface area contributed by atoms with Gasteiger partial charge in [0.2, 0.25) is 0 Å². The zero-order valence-electron chi connectivity index (χ0n) is 8.50. The molecular weight excluding hydrogens is 275 g/mol. The first-order valence-corrected chi connectivity index (χ1v) is 5.79. The Morgan fingerprint density at radius 2 is 2.25 bits per heavy atom. The van der Waals surface area contributed by atoms with E-state index in [1.165, 1.54) is 12.3 Å². The molecule has 0 aliphatic carbocycles. The third kappa shape index (κ3) is 2.16. The Kier molecular flexibility index (Phi) is 3.39. The first kappa shape index (κ1) is 11.3. The van der Waals surface area contributed by atoms with E-state index in [0.29, 0.717) is 23.1 Å². The number of allylic oxidation sites excluding steroid dienone is 1. The molecular formula is C12H10BrFO2. The van der Waals surface area contributed by atoms with Crippen LogP contribution in [0.1, 0.15) is 23.2 Å². The van der Waals surface area contributed by atoms with Crippen LogP contribution in [0, 0.1) is 5.82 Å². The Balaban J connectivity index is 2.37. The van der Waals surface area contributed by atoms with Gasteiger partial charge in [-0.15, -0.1) is 0 Å². The van der Waals surface area contributed by atoms with Crippen LogP contribution in [-0.4, -0.2) is 12.4 Å². The van der Waals surface area contributed by atoms with Gasteiger partial charge >= 0.3 is 0 Å². The highest BCUT2D eigenvalue weighted by Crippen LogP contribution is 2.25. The molecule has 0 aromatic heterocycles. The Bertz CT molecular complexity index is 434. The fraction of sp³-hybridized carbons (Fsp3) is 0.250. The molecule has 1 aromatic rings. The molecule has 2 nitrogen and oxygen atoms in total. The lowest BCUT2D eigenvalue weighted by atomic mass is 9.99. The second kappa shape index (κ2) is 4.78. The van der Waals surface area contributed by atoms with E-state index in [9.17, 15) is 9.18 Å². The molecule has 1 aliphatic heterocycles. The average molecular weight is 285 g/mol. The van der Waals surface area contributed by atoms with Crippen LogP contribution in [0.25, 0.3) is 0 Å². The van der Waals surface area contributed by atoms with Crippen LogP contribution in [0.2, 0.25) is 0 Å². The van der Waals surface area contributed by atoms with E-state index in [1.54, 1.807) is 12.1 Å². The van der Waals surface area contributed by atoms with Crippen molar-refractivity contribution in [3.05, 3.63) is 45.9 Å². The summed E-state index contributed by atoms with van der Waals surface area (Å²) in [5.41, 5.74) is 0.608. The van der Waals surface area contributed by atoms with Gasteiger partial charge in [-0.25, -0.2) is 4.39 Å². The summed E-state index contributed by atoms with van der Waals surface area (Å²) >= 11 is 3.19. The van der Waals surface area contributed by atoms with Crippen molar-refractivity contribution < 1.29 is 13.9 Å². The standard InChI is InChI=1S/C12H10BrFO2/c13-9-4-1-5-10(14)11(9)12(15)8-3-2-6-16-7-8/h1,4-5,7H,2-3,6H2. The van der Waals surface area contributed by atoms with Gasteiger partial charge in [0.25, 0.3) is 0 Å². The molecule has 0 unspecified atom stereocenters. The molecule has 2 rings (SSSR count). The summed E-state index contributed by atoms with van der Waals surface area (Å²) in [6.45, 7) is 0.620. The topological polar surface area (TPSA) is 26.3 Å². The van der Waals surface area contributed by atoms with Crippen LogP contribution in [0.15, 0.2) is 34.5 Å². The van der Waals surface area contributed by atoms with Crippen molar-refractivity contribution >= 4 is 21.7 Å². The van der Waals surface area contributed by atoms with E-state index >= 15 is 0 Å². The Morgan fingerprint density at radius 3 is 2.88 bits per heavy atom. The molecule has 0 atom stereocenters. The first-order valence-electron chi connectivity index (χ1n) is 4.99. The number of halogens is 2. The predicted octanol–water partition coefficient (Wildman–Crippen LogP) is 3.47. The Hall–Kier alpha value is -1.16. The lowest BCUT2D eigenvalue weighted by Gasteiger charge is -2.13. The van der Waals surface area contributed by atoms with Gasteiger partial charge in [-0.3, -0.25) is 4.79 Å². The number of carbonyl (C=O) groups excluding carboxylic acids is 1. The van der Waals surface area contributed by atoms with Gasteiger partial charge < -0.3 is 4.74 Å². The zero-order valence-corrected chi connectivity index (χ0v) is 10.1. The summed E-state index contributed by atoms with van der Waals surface area (Å²) < 4.78 is 19.1. The number of ketones is 1. The third-order valence-corrected chi connectivity index (χ3v) is 3.08. The van der Waals surface area contributed by atoms with Gasteiger partial charge in [-0.05, 0) is 40.9 Å². The highest BCUT2D eigenvalue weighted by molar-refractivity contribution is 9.10. The molecule has 0 fully saturated rings. The fourth-order valence-corrected chi connectivity index (χ4v) is 2.13. The minimum absolute atomic E-state index is 0.0826. The zero-order chi connectivity index (χ0) is 11.5. The van der Waals surface area contributed by atoms with Crippen molar-refractivity contribution in [3.8, 4) is 0 Å². The number of ether oxygens (including phenoxy) is 1. The van der Waals surface area contributed by atoms with E-state index in [4.69, 9.17) is 4.74 Å². The first-order chi connectivity index (χ1) is 7.70. The molecule has 0 saturated carbocycles. The van der Waals surface area contributed by atoms with E-state index in [2.05, 4.69) is 15.9 Å². The summed E-state index contributed by atoms with van der Waals surface area (Å²) in [5.74, 6) is -0.810. The predicted molar refractivity (Wildman–Crippen MR) is 61.7 cm³/mol. The molecule has 84 valence electrons. The summed E-state index contributed by atoms with van der Waals surface area (Å²) in [6.07, 6.45) is 2.87. The average Bonchev–Trinajstić information content (AvgIpc) is 2.30. The van der Waals surface area contributed by atoms with E-state index < -0.39 is 5.82 Å². The summed E-state index contributed by atoms with van der Waals surface area (Å²) in [6, 6.07) is 4.49. The fourth-order valence-electron chi connectivity index (χ4n) is 1.61. The van der Waals surface area contributed by atoms with Crippen LogP contribution in [0.4, 0.5) is 4.39 Å². The maximum absolute atomic E-state index is 13.5. The Morgan fingerprint density at radius 1 is 1.44 bits per heavy atom. The number of rotatable bonds is 2. The molecule has 1 heterocycles. The number of hydrogen-bond donors (Lipinski definition) is 0. The van der Waals surface area contributed by atoms with Gasteiger partial charge in [0.15, 0.2) is 5.78 Å². The number of carbonyl (C=O) groups is 1. The molecule has 0 saturated heterocycles. The van der Waals surface area contributed by atoms with Crippen LogP contribution in [0.5, 0.6) is 0 Å². The molecule has 1 aromatic carbocycles. The molecule has 4 heteroatoms. The summed E-state index contributed by atoms with van der Waals surface area (Å²) in [7, 11) is 0. The van der Waals surface area contributed by atoms with E-state index in [-0.39, 0.29) is 11.3 Å². The molecule has 0 bridgehead atoms. The maximum atomic E-state index is 13.5. The highest BCUT2D eigenvalue weighted by Gasteiger charge is 2.20. The third-order valence-electron chi connectivity index (χ3n) is 2.42. The summed E-state index contributed by atoms with van der Waals surface area (Å²) in [5, 5.41) is 0. The lowest BCUT2D eigenvalue weighted by Crippen LogP contribution is -2.11. The lowest BCUT2D eigenvalue weighted by molar-refractivity contribution is 0.101. The SMILES string of the molecule is O=C(C1=COCCC1)c1c(F)cccc1Br. The van der Waals surface area contributed by atoms with Crippen LogP contribution in [-0.2, 0) is 4.74 Å². The van der Waals surface area contributed by atoms with Crippen molar-refractivity contribution in [3.63, 3.8) is 0 Å². The highest BCUT2D eigenvalue weighted by atomic mass is 79.9. The molecule has 16 heavy (non-hydrogen) atoms.